The Morgan fingerprint density at radius 1 is 0.973 bits per heavy atom. The van der Waals surface area contributed by atoms with Crippen LogP contribution in [0, 0.1) is 5.82 Å². The number of amides is 1. The summed E-state index contributed by atoms with van der Waals surface area (Å²) in [6.45, 7) is 2.95. The van der Waals surface area contributed by atoms with Crippen molar-refractivity contribution in [3.63, 3.8) is 0 Å². The van der Waals surface area contributed by atoms with Crippen LogP contribution in [0.25, 0.3) is 11.0 Å². The fourth-order valence-corrected chi connectivity index (χ4v) is 4.75. The molecule has 4 aromatic rings. The van der Waals surface area contributed by atoms with Crippen LogP contribution in [-0.4, -0.2) is 24.5 Å². The molecular weight excluding hydrogens is 473 g/mol. The van der Waals surface area contributed by atoms with Crippen molar-refractivity contribution in [1.29, 1.82) is 0 Å². The topological polar surface area (TPSA) is 69.0 Å². The van der Waals surface area contributed by atoms with E-state index in [4.69, 9.17) is 13.9 Å². The third-order valence-corrected chi connectivity index (χ3v) is 6.63. The minimum absolute atomic E-state index is 0.0168. The molecule has 1 unspecified atom stereocenters. The summed E-state index contributed by atoms with van der Waals surface area (Å²) < 4.78 is 31.2. The monoisotopic (exact) mass is 501 g/mol. The van der Waals surface area contributed by atoms with Crippen molar-refractivity contribution >= 4 is 16.9 Å². The Bertz CT molecular complexity index is 1490. The zero-order valence-corrected chi connectivity index (χ0v) is 20.8. The van der Waals surface area contributed by atoms with Gasteiger partial charge in [0.2, 0.25) is 5.76 Å². The van der Waals surface area contributed by atoms with Crippen LogP contribution in [0.5, 0.6) is 11.5 Å². The van der Waals surface area contributed by atoms with Gasteiger partial charge in [-0.25, -0.2) is 4.39 Å². The Balaban J connectivity index is 1.60. The molecular formula is C30H28FNO5. The smallest absolute Gasteiger partial charge is 0.291 e. The Labute approximate surface area is 214 Å². The van der Waals surface area contributed by atoms with E-state index in [0.29, 0.717) is 18.1 Å². The number of carbonyl (C=O) groups is 1. The third-order valence-electron chi connectivity index (χ3n) is 6.63. The number of ether oxygens (including phenoxy) is 2. The molecule has 190 valence electrons. The van der Waals surface area contributed by atoms with Crippen LogP contribution < -0.4 is 14.9 Å². The van der Waals surface area contributed by atoms with Crippen LogP contribution >= 0.6 is 0 Å². The predicted octanol–water partition coefficient (Wildman–Crippen LogP) is 6.26. The largest absolute Gasteiger partial charge is 0.497 e. The van der Waals surface area contributed by atoms with Crippen LogP contribution in [0.15, 0.2) is 75.9 Å². The molecule has 0 bridgehead atoms. The number of methoxy groups -OCH3 is 1. The number of hydrogen-bond donors (Lipinski definition) is 0. The highest BCUT2D eigenvalue weighted by Gasteiger charge is 2.42. The van der Waals surface area contributed by atoms with Crippen molar-refractivity contribution < 1.29 is 23.1 Å². The van der Waals surface area contributed by atoms with Crippen LogP contribution in [0.1, 0.15) is 59.5 Å². The van der Waals surface area contributed by atoms with Gasteiger partial charge in [0.1, 0.15) is 22.9 Å². The van der Waals surface area contributed by atoms with Gasteiger partial charge in [-0.1, -0.05) is 44.0 Å². The van der Waals surface area contributed by atoms with Gasteiger partial charge in [0.15, 0.2) is 5.43 Å². The van der Waals surface area contributed by atoms with E-state index in [-0.39, 0.29) is 28.8 Å². The van der Waals surface area contributed by atoms with Crippen molar-refractivity contribution in [3.8, 4) is 11.5 Å². The van der Waals surface area contributed by atoms with E-state index in [1.54, 1.807) is 12.0 Å². The van der Waals surface area contributed by atoms with Gasteiger partial charge in [-0.3, -0.25) is 9.59 Å². The number of benzene rings is 3. The van der Waals surface area contributed by atoms with Gasteiger partial charge in [0.05, 0.1) is 30.7 Å². The minimum atomic E-state index is -0.715. The fourth-order valence-electron chi connectivity index (χ4n) is 4.75. The van der Waals surface area contributed by atoms with Gasteiger partial charge in [-0.2, -0.15) is 0 Å². The summed E-state index contributed by atoms with van der Waals surface area (Å²) in [4.78, 5) is 28.9. The molecule has 1 aliphatic heterocycles. The number of rotatable bonds is 9. The molecule has 0 fully saturated rings. The molecule has 6 nitrogen and oxygen atoms in total. The quantitative estimate of drug-likeness (QED) is 0.253. The molecule has 0 aliphatic carbocycles. The molecule has 2 heterocycles. The Morgan fingerprint density at radius 3 is 2.54 bits per heavy atom. The summed E-state index contributed by atoms with van der Waals surface area (Å²) >= 11 is 0. The normalized spacial score (nSPS) is 14.7. The maximum Gasteiger partial charge on any atom is 0.291 e. The van der Waals surface area contributed by atoms with Crippen LogP contribution in [0.2, 0.25) is 0 Å². The van der Waals surface area contributed by atoms with Gasteiger partial charge in [-0.05, 0) is 60.0 Å². The van der Waals surface area contributed by atoms with Gasteiger partial charge in [0, 0.05) is 6.54 Å². The first-order valence-corrected chi connectivity index (χ1v) is 12.4. The number of halogens is 1. The van der Waals surface area contributed by atoms with Crippen molar-refractivity contribution in [3.05, 3.63) is 105 Å². The lowest BCUT2D eigenvalue weighted by molar-refractivity contribution is 0.0714. The second kappa shape index (κ2) is 10.5. The summed E-state index contributed by atoms with van der Waals surface area (Å²) in [5.74, 6) is 0.410. The third kappa shape index (κ3) is 4.81. The molecule has 0 radical (unpaired) electrons. The number of carbonyl (C=O) groups excluding carboxylic acids is 1. The molecule has 37 heavy (non-hydrogen) atoms. The van der Waals surface area contributed by atoms with E-state index in [1.165, 1.54) is 12.1 Å². The predicted molar refractivity (Wildman–Crippen MR) is 139 cm³/mol. The second-order valence-corrected chi connectivity index (χ2v) is 9.13. The summed E-state index contributed by atoms with van der Waals surface area (Å²) in [6.07, 6.45) is 3.11. The van der Waals surface area contributed by atoms with Gasteiger partial charge in [-0.15, -0.1) is 0 Å². The number of hydrogen-bond acceptors (Lipinski definition) is 5. The van der Waals surface area contributed by atoms with E-state index in [2.05, 4.69) is 6.92 Å². The molecule has 0 saturated carbocycles. The lowest BCUT2D eigenvalue weighted by Crippen LogP contribution is -2.29. The number of unbranched alkanes of at least 4 members (excludes halogenated alkanes) is 2. The first kappa shape index (κ1) is 24.6. The molecule has 0 saturated heterocycles. The number of fused-ring (bicyclic) bond motifs is 2. The zero-order valence-electron chi connectivity index (χ0n) is 20.8. The first-order valence-electron chi connectivity index (χ1n) is 12.4. The summed E-state index contributed by atoms with van der Waals surface area (Å²) in [6, 6.07) is 17.9. The van der Waals surface area contributed by atoms with Crippen LogP contribution in [0.3, 0.4) is 0 Å². The van der Waals surface area contributed by atoms with E-state index >= 15 is 0 Å². The molecule has 3 aromatic carbocycles. The first-order chi connectivity index (χ1) is 18.0. The Kier molecular flexibility index (Phi) is 6.95. The van der Waals surface area contributed by atoms with E-state index in [9.17, 15) is 14.0 Å². The molecule has 1 aromatic heterocycles. The molecule has 5 rings (SSSR count). The molecule has 7 heteroatoms. The van der Waals surface area contributed by atoms with Crippen molar-refractivity contribution in [2.45, 2.75) is 38.8 Å². The van der Waals surface area contributed by atoms with Crippen LogP contribution in [-0.2, 0) is 6.54 Å². The van der Waals surface area contributed by atoms with E-state index in [1.807, 2.05) is 48.5 Å². The van der Waals surface area contributed by atoms with Crippen molar-refractivity contribution in [1.82, 2.24) is 4.90 Å². The van der Waals surface area contributed by atoms with Crippen molar-refractivity contribution in [2.24, 2.45) is 0 Å². The maximum atomic E-state index is 14.0. The van der Waals surface area contributed by atoms with Crippen molar-refractivity contribution in [2.75, 3.05) is 13.7 Å². The number of nitrogens with zero attached hydrogens (tertiary/aromatic N) is 1. The van der Waals surface area contributed by atoms with Gasteiger partial charge in [0.25, 0.3) is 5.91 Å². The van der Waals surface area contributed by atoms with E-state index < -0.39 is 23.2 Å². The highest BCUT2D eigenvalue weighted by molar-refractivity contribution is 5.99. The Morgan fingerprint density at radius 2 is 1.78 bits per heavy atom. The summed E-state index contributed by atoms with van der Waals surface area (Å²) in [7, 11) is 1.59. The zero-order chi connectivity index (χ0) is 25.9. The highest BCUT2D eigenvalue weighted by atomic mass is 19.1. The highest BCUT2D eigenvalue weighted by Crippen LogP contribution is 2.40. The average Bonchev–Trinajstić information content (AvgIpc) is 3.19. The second-order valence-electron chi connectivity index (χ2n) is 9.13. The minimum Gasteiger partial charge on any atom is -0.497 e. The lowest BCUT2D eigenvalue weighted by atomic mass is 9.98. The van der Waals surface area contributed by atoms with Gasteiger partial charge < -0.3 is 18.8 Å². The molecule has 0 spiro atoms. The molecule has 1 atom stereocenters. The maximum absolute atomic E-state index is 14.0. The standard InChI is InChI=1S/C30H28FNO5/c1-3-4-5-15-36-23-8-6-7-20(16-23)27-26-28(33)24-17-21(31)11-14-25(24)37-29(26)30(34)32(27)18-19-9-12-22(35-2)13-10-19/h6-14,16-17,27H,3-5,15,18H2,1-2H3. The molecule has 1 aliphatic rings. The SMILES string of the molecule is CCCCCOc1cccc(C2c3c(oc4ccc(F)cc4c3=O)C(=O)N2Cc2ccc(OC)cc2)c1. The van der Waals surface area contributed by atoms with Crippen LogP contribution in [0.4, 0.5) is 4.39 Å². The Hall–Kier alpha value is -4.13. The molecule has 1 amide bonds. The molecule has 0 N–H and O–H groups in total. The summed E-state index contributed by atoms with van der Waals surface area (Å²) in [5, 5.41) is 0.106. The van der Waals surface area contributed by atoms with E-state index in [0.717, 1.165) is 36.5 Å². The van der Waals surface area contributed by atoms with Gasteiger partial charge >= 0.3 is 0 Å². The fraction of sp³-hybridized carbons (Fsp3) is 0.267. The lowest BCUT2D eigenvalue weighted by Gasteiger charge is -2.25. The average molecular weight is 502 g/mol. The summed E-state index contributed by atoms with van der Waals surface area (Å²) in [5.41, 5.74) is 1.55.